The van der Waals surface area contributed by atoms with E-state index in [9.17, 15) is 0 Å². The first-order chi connectivity index (χ1) is 7.20. The highest BCUT2D eigenvalue weighted by molar-refractivity contribution is 6.63. The van der Waals surface area contributed by atoms with Crippen molar-refractivity contribution in [2.45, 2.75) is 18.9 Å². The molecule has 0 aromatic heterocycles. The van der Waals surface area contributed by atoms with Crippen LogP contribution in [0.1, 0.15) is 12.0 Å². The van der Waals surface area contributed by atoms with E-state index < -0.39 is 8.72 Å². The van der Waals surface area contributed by atoms with Gasteiger partial charge in [0.25, 0.3) is 0 Å². The lowest BCUT2D eigenvalue weighted by atomic mass is 10.1. The van der Waals surface area contributed by atoms with Crippen molar-refractivity contribution >= 4 is 8.72 Å². The maximum atomic E-state index is 5.96. The lowest BCUT2D eigenvalue weighted by molar-refractivity contribution is 0.242. The fourth-order valence-corrected chi connectivity index (χ4v) is 2.72. The van der Waals surface area contributed by atoms with E-state index in [0.29, 0.717) is 0 Å². The summed E-state index contributed by atoms with van der Waals surface area (Å²) in [6.07, 6.45) is 2.04. The number of rotatable bonds is 6. The largest absolute Gasteiger partial charge is 0.421 e. The zero-order chi connectivity index (χ0) is 11.1. The Kier molecular flexibility index (Phi) is 4.97. The van der Waals surface area contributed by atoms with Gasteiger partial charge >= 0.3 is 8.72 Å². The van der Waals surface area contributed by atoms with Crippen LogP contribution >= 0.6 is 0 Å². The van der Waals surface area contributed by atoms with Crippen LogP contribution in [0.5, 0.6) is 0 Å². The predicted octanol–water partition coefficient (Wildman–Crippen LogP) is 1.81. The molecule has 15 heavy (non-hydrogen) atoms. The van der Waals surface area contributed by atoms with Crippen molar-refractivity contribution in [2.24, 2.45) is 5.40 Å². The summed E-state index contributed by atoms with van der Waals surface area (Å²) >= 11 is 0. The highest BCUT2D eigenvalue weighted by Crippen LogP contribution is 2.11. The molecule has 1 aromatic rings. The van der Waals surface area contributed by atoms with Crippen molar-refractivity contribution in [2.75, 3.05) is 14.2 Å². The summed E-state index contributed by atoms with van der Waals surface area (Å²) in [7, 11) is 0.895. The van der Waals surface area contributed by atoms with Gasteiger partial charge in [-0.15, -0.1) is 0 Å². The molecular formula is C11H19NO2Si. The standard InChI is InChI=1S/C11H19NO2Si/c1-13-15(12,14-2)10-6-9-11-7-4-3-5-8-11/h3-5,7-8H,6,9-10,12H2,1-2H3. The van der Waals surface area contributed by atoms with E-state index in [1.807, 2.05) is 6.07 Å². The molecule has 0 aliphatic rings. The van der Waals surface area contributed by atoms with Gasteiger partial charge in [0.2, 0.25) is 0 Å². The van der Waals surface area contributed by atoms with Crippen LogP contribution in [0.3, 0.4) is 0 Å². The second kappa shape index (κ2) is 6.02. The monoisotopic (exact) mass is 225 g/mol. The fraction of sp³-hybridized carbons (Fsp3) is 0.455. The second-order valence-electron chi connectivity index (χ2n) is 3.56. The highest BCUT2D eigenvalue weighted by Gasteiger charge is 2.29. The van der Waals surface area contributed by atoms with Crippen LogP contribution in [0.4, 0.5) is 0 Å². The lowest BCUT2D eigenvalue weighted by Crippen LogP contribution is -2.50. The summed E-state index contributed by atoms with van der Waals surface area (Å²) in [5.74, 6) is 0. The lowest BCUT2D eigenvalue weighted by Gasteiger charge is -2.21. The molecule has 84 valence electrons. The Balaban J connectivity index is 2.33. The van der Waals surface area contributed by atoms with Gasteiger partial charge in [-0.3, -0.25) is 0 Å². The van der Waals surface area contributed by atoms with Crippen molar-refractivity contribution < 1.29 is 8.85 Å². The molecule has 0 aliphatic carbocycles. The van der Waals surface area contributed by atoms with Gasteiger partial charge < -0.3 is 14.3 Å². The van der Waals surface area contributed by atoms with E-state index in [1.54, 1.807) is 14.2 Å². The molecule has 1 rings (SSSR count). The first-order valence-electron chi connectivity index (χ1n) is 5.13. The Morgan fingerprint density at radius 2 is 1.73 bits per heavy atom. The molecule has 2 N–H and O–H groups in total. The fourth-order valence-electron chi connectivity index (χ4n) is 1.47. The molecule has 0 amide bonds. The Morgan fingerprint density at radius 3 is 2.27 bits per heavy atom. The molecule has 0 saturated carbocycles. The van der Waals surface area contributed by atoms with Gasteiger partial charge in [0.05, 0.1) is 0 Å². The van der Waals surface area contributed by atoms with Crippen LogP contribution in [-0.2, 0) is 15.3 Å². The highest BCUT2D eigenvalue weighted by atomic mass is 28.4. The summed E-state index contributed by atoms with van der Waals surface area (Å²) in [6, 6.07) is 11.2. The van der Waals surface area contributed by atoms with Crippen molar-refractivity contribution in [3.05, 3.63) is 35.9 Å². The predicted molar refractivity (Wildman–Crippen MR) is 63.5 cm³/mol. The topological polar surface area (TPSA) is 44.5 Å². The second-order valence-corrected chi connectivity index (χ2v) is 6.50. The quantitative estimate of drug-likeness (QED) is 0.751. The van der Waals surface area contributed by atoms with Crippen molar-refractivity contribution in [1.29, 1.82) is 0 Å². The first kappa shape index (κ1) is 12.4. The molecule has 0 atom stereocenters. The van der Waals surface area contributed by atoms with Gasteiger partial charge in [0.15, 0.2) is 0 Å². The number of hydrogen-bond donors (Lipinski definition) is 1. The van der Waals surface area contributed by atoms with Crippen LogP contribution in [0, 0.1) is 0 Å². The van der Waals surface area contributed by atoms with E-state index in [0.717, 1.165) is 18.9 Å². The molecule has 0 unspecified atom stereocenters. The molecule has 4 heteroatoms. The molecule has 0 heterocycles. The molecule has 0 radical (unpaired) electrons. The van der Waals surface area contributed by atoms with Crippen molar-refractivity contribution in [1.82, 2.24) is 0 Å². The van der Waals surface area contributed by atoms with Crippen LogP contribution < -0.4 is 5.40 Å². The SMILES string of the molecule is CO[Si](N)(CCCc1ccccc1)OC. The van der Waals surface area contributed by atoms with Crippen LogP contribution in [-0.4, -0.2) is 22.9 Å². The molecule has 0 aliphatic heterocycles. The molecule has 3 nitrogen and oxygen atoms in total. The van der Waals surface area contributed by atoms with E-state index in [-0.39, 0.29) is 0 Å². The average Bonchev–Trinajstić information content (AvgIpc) is 2.30. The average molecular weight is 225 g/mol. The normalized spacial score (nSPS) is 11.7. The molecular weight excluding hydrogens is 206 g/mol. The van der Waals surface area contributed by atoms with Crippen LogP contribution in [0.15, 0.2) is 30.3 Å². The van der Waals surface area contributed by atoms with Gasteiger partial charge in [-0.05, 0) is 18.4 Å². The number of nitrogens with two attached hydrogens (primary N) is 1. The third-order valence-corrected chi connectivity index (χ3v) is 4.96. The van der Waals surface area contributed by atoms with Gasteiger partial charge in [-0.25, -0.2) is 0 Å². The summed E-state index contributed by atoms with van der Waals surface area (Å²) in [6.45, 7) is 0. The van der Waals surface area contributed by atoms with E-state index in [2.05, 4.69) is 24.3 Å². The minimum atomic E-state index is -2.35. The summed E-state index contributed by atoms with van der Waals surface area (Å²) < 4.78 is 10.4. The molecule has 0 saturated heterocycles. The van der Waals surface area contributed by atoms with Gasteiger partial charge in [-0.1, -0.05) is 30.3 Å². The number of benzene rings is 1. The zero-order valence-corrected chi connectivity index (χ0v) is 10.4. The Labute approximate surface area is 92.5 Å². The first-order valence-corrected chi connectivity index (χ1v) is 7.23. The molecule has 0 bridgehead atoms. The van der Waals surface area contributed by atoms with E-state index >= 15 is 0 Å². The smallest absolute Gasteiger partial charge is 0.386 e. The van der Waals surface area contributed by atoms with Gasteiger partial charge in [-0.2, -0.15) is 0 Å². The Hall–Kier alpha value is -0.683. The van der Waals surface area contributed by atoms with Gasteiger partial charge in [0, 0.05) is 20.3 Å². The molecule has 0 fully saturated rings. The zero-order valence-electron chi connectivity index (χ0n) is 9.40. The summed E-state index contributed by atoms with van der Waals surface area (Å²) in [4.78, 5) is 0. The minimum absolute atomic E-state index is 0.828. The number of aryl methyl sites for hydroxylation is 1. The molecule has 1 aromatic carbocycles. The number of hydrogen-bond acceptors (Lipinski definition) is 3. The maximum Gasteiger partial charge on any atom is 0.421 e. The van der Waals surface area contributed by atoms with Crippen LogP contribution in [0.25, 0.3) is 0 Å². The Morgan fingerprint density at radius 1 is 1.13 bits per heavy atom. The van der Waals surface area contributed by atoms with Crippen molar-refractivity contribution in [3.63, 3.8) is 0 Å². The Bertz CT molecular complexity index is 275. The summed E-state index contributed by atoms with van der Waals surface area (Å²) in [5.41, 5.74) is 1.33. The van der Waals surface area contributed by atoms with Crippen LogP contribution in [0.2, 0.25) is 6.04 Å². The van der Waals surface area contributed by atoms with E-state index in [1.165, 1.54) is 5.56 Å². The van der Waals surface area contributed by atoms with Crippen molar-refractivity contribution in [3.8, 4) is 0 Å². The summed E-state index contributed by atoms with van der Waals surface area (Å²) in [5, 5.41) is 5.96. The molecule has 0 spiro atoms. The van der Waals surface area contributed by atoms with E-state index in [4.69, 9.17) is 14.3 Å². The van der Waals surface area contributed by atoms with Gasteiger partial charge in [0.1, 0.15) is 0 Å². The maximum absolute atomic E-state index is 5.96. The minimum Gasteiger partial charge on any atom is -0.386 e. The third kappa shape index (κ3) is 4.13. The third-order valence-electron chi connectivity index (χ3n) is 2.52.